The quantitative estimate of drug-likeness (QED) is 0.484. The Bertz CT molecular complexity index is 96.7. The molecule has 0 bridgehead atoms. The Hall–Kier alpha value is -0.300. The predicted molar refractivity (Wildman–Crippen MR) is 40.4 cm³/mol. The van der Waals surface area contributed by atoms with Gasteiger partial charge in [-0.05, 0) is 31.8 Å². The van der Waals surface area contributed by atoms with Crippen LogP contribution in [0.25, 0.3) is 0 Å². The van der Waals surface area contributed by atoms with E-state index >= 15 is 0 Å². The van der Waals surface area contributed by atoms with Gasteiger partial charge in [0.15, 0.2) is 0 Å². The van der Waals surface area contributed by atoms with Crippen LogP contribution in [0.15, 0.2) is 12.2 Å². The van der Waals surface area contributed by atoms with Crippen molar-refractivity contribution in [1.29, 1.82) is 0 Å². The largest absolute Gasteiger partial charge is 0.316 e. The Morgan fingerprint density at radius 3 is 3.22 bits per heavy atom. The summed E-state index contributed by atoms with van der Waals surface area (Å²) >= 11 is 0. The number of allylic oxidation sites excluding steroid dienone is 1. The van der Waals surface area contributed by atoms with Gasteiger partial charge >= 0.3 is 0 Å². The van der Waals surface area contributed by atoms with Gasteiger partial charge in [0.25, 0.3) is 0 Å². The summed E-state index contributed by atoms with van der Waals surface area (Å²) in [6.07, 6.45) is 7.01. The molecule has 1 atom stereocenters. The first-order chi connectivity index (χ1) is 4.39. The van der Waals surface area contributed by atoms with Gasteiger partial charge in [0, 0.05) is 0 Å². The lowest BCUT2D eigenvalue weighted by molar-refractivity contribution is 0.513. The molecule has 1 N–H and O–H groups in total. The van der Waals surface area contributed by atoms with Crippen LogP contribution in [-0.2, 0) is 0 Å². The minimum atomic E-state index is 0.821. The molecule has 0 aromatic carbocycles. The van der Waals surface area contributed by atoms with E-state index in [1.807, 2.05) is 0 Å². The van der Waals surface area contributed by atoms with E-state index in [0.29, 0.717) is 0 Å². The van der Waals surface area contributed by atoms with E-state index in [0.717, 1.165) is 12.5 Å². The number of rotatable bonds is 0. The summed E-state index contributed by atoms with van der Waals surface area (Å²) in [5, 5.41) is 3.39. The van der Waals surface area contributed by atoms with Crippen LogP contribution in [0.2, 0.25) is 0 Å². The third-order valence-corrected chi connectivity index (χ3v) is 1.69. The maximum Gasteiger partial charge on any atom is -0.00142 e. The molecule has 9 heavy (non-hydrogen) atoms. The van der Waals surface area contributed by atoms with Gasteiger partial charge in [-0.2, -0.15) is 0 Å². The van der Waals surface area contributed by atoms with Gasteiger partial charge < -0.3 is 5.32 Å². The predicted octanol–water partition coefficient (Wildman–Crippen LogP) is 1.56. The molecule has 0 saturated heterocycles. The van der Waals surface area contributed by atoms with Gasteiger partial charge in [-0.3, -0.25) is 0 Å². The van der Waals surface area contributed by atoms with E-state index in [9.17, 15) is 0 Å². The molecule has 0 radical (unpaired) electrons. The van der Waals surface area contributed by atoms with Crippen molar-refractivity contribution in [1.82, 2.24) is 5.32 Å². The van der Waals surface area contributed by atoms with E-state index in [2.05, 4.69) is 24.4 Å². The maximum atomic E-state index is 3.39. The highest BCUT2D eigenvalue weighted by atomic mass is 14.8. The second kappa shape index (κ2) is 3.67. The van der Waals surface area contributed by atoms with Crippen molar-refractivity contribution in [3.05, 3.63) is 12.2 Å². The summed E-state index contributed by atoms with van der Waals surface area (Å²) in [6, 6.07) is 0. The highest BCUT2D eigenvalue weighted by molar-refractivity contribution is 4.86. The van der Waals surface area contributed by atoms with E-state index in [4.69, 9.17) is 0 Å². The molecule has 1 heteroatoms. The molecule has 0 amide bonds. The third-order valence-electron chi connectivity index (χ3n) is 1.69. The Kier molecular flexibility index (Phi) is 2.78. The fourth-order valence-corrected chi connectivity index (χ4v) is 1.06. The van der Waals surface area contributed by atoms with E-state index < -0.39 is 0 Å². The summed E-state index contributed by atoms with van der Waals surface area (Å²) in [6.45, 7) is 4.62. The van der Waals surface area contributed by atoms with E-state index in [1.165, 1.54) is 19.4 Å². The monoisotopic (exact) mass is 125 g/mol. The lowest BCUT2D eigenvalue weighted by Gasteiger charge is -2.11. The fourth-order valence-electron chi connectivity index (χ4n) is 1.06. The lowest BCUT2D eigenvalue weighted by atomic mass is 10.1. The van der Waals surface area contributed by atoms with Crippen molar-refractivity contribution in [2.75, 3.05) is 13.1 Å². The molecule has 0 spiro atoms. The van der Waals surface area contributed by atoms with Crippen LogP contribution < -0.4 is 5.32 Å². The van der Waals surface area contributed by atoms with Gasteiger partial charge in [-0.25, -0.2) is 0 Å². The van der Waals surface area contributed by atoms with Crippen LogP contribution in [0.5, 0.6) is 0 Å². The summed E-state index contributed by atoms with van der Waals surface area (Å²) < 4.78 is 0. The van der Waals surface area contributed by atoms with Crippen LogP contribution in [0.3, 0.4) is 0 Å². The van der Waals surface area contributed by atoms with Crippen molar-refractivity contribution in [2.24, 2.45) is 5.92 Å². The van der Waals surface area contributed by atoms with Crippen LogP contribution in [0, 0.1) is 5.92 Å². The Labute approximate surface area is 57.1 Å². The number of nitrogens with one attached hydrogen (secondary N) is 1. The third kappa shape index (κ3) is 2.66. The molecule has 1 aliphatic rings. The normalized spacial score (nSPS) is 29.2. The highest BCUT2D eigenvalue weighted by Gasteiger charge is 1.99. The first kappa shape index (κ1) is 6.81. The average molecular weight is 125 g/mol. The van der Waals surface area contributed by atoms with Crippen molar-refractivity contribution in [3.8, 4) is 0 Å². The summed E-state index contributed by atoms with van der Waals surface area (Å²) in [5.74, 6) is 0.821. The zero-order valence-electron chi connectivity index (χ0n) is 6.06. The number of hydrogen-bond acceptors (Lipinski definition) is 1. The minimum Gasteiger partial charge on any atom is -0.316 e. The van der Waals surface area contributed by atoms with Gasteiger partial charge in [0.1, 0.15) is 0 Å². The van der Waals surface area contributed by atoms with Gasteiger partial charge in [-0.15, -0.1) is 0 Å². The maximum absolute atomic E-state index is 3.39. The molecule has 1 unspecified atom stereocenters. The van der Waals surface area contributed by atoms with Crippen LogP contribution in [0.1, 0.15) is 19.8 Å². The number of hydrogen-bond donors (Lipinski definition) is 1. The Balaban J connectivity index is 2.28. The lowest BCUT2D eigenvalue weighted by Crippen LogP contribution is -2.22. The van der Waals surface area contributed by atoms with Crippen LogP contribution >= 0.6 is 0 Å². The molecular weight excluding hydrogens is 110 g/mol. The Morgan fingerprint density at radius 2 is 2.33 bits per heavy atom. The summed E-state index contributed by atoms with van der Waals surface area (Å²) in [7, 11) is 0. The van der Waals surface area contributed by atoms with Gasteiger partial charge in [-0.1, -0.05) is 19.1 Å². The molecule has 52 valence electrons. The summed E-state index contributed by atoms with van der Waals surface area (Å²) in [5.41, 5.74) is 0. The zero-order chi connectivity index (χ0) is 6.53. The standard InChI is InChI=1S/C8H15N/c1-8-5-3-2-4-6-9-7-8/h2-3,8-9H,4-7H2,1H3. The van der Waals surface area contributed by atoms with Crippen molar-refractivity contribution in [3.63, 3.8) is 0 Å². The van der Waals surface area contributed by atoms with Gasteiger partial charge in [0.05, 0.1) is 0 Å². The molecule has 1 heterocycles. The Morgan fingerprint density at radius 1 is 1.44 bits per heavy atom. The molecule has 0 aromatic heterocycles. The average Bonchev–Trinajstić information content (AvgIpc) is 1.79. The van der Waals surface area contributed by atoms with Crippen molar-refractivity contribution >= 4 is 0 Å². The molecule has 0 saturated carbocycles. The molecule has 1 aliphatic heterocycles. The fraction of sp³-hybridized carbons (Fsp3) is 0.750. The molecule has 0 aliphatic carbocycles. The molecular formula is C8H15N. The van der Waals surface area contributed by atoms with Crippen LogP contribution in [-0.4, -0.2) is 13.1 Å². The van der Waals surface area contributed by atoms with E-state index in [1.54, 1.807) is 0 Å². The van der Waals surface area contributed by atoms with Crippen LogP contribution in [0.4, 0.5) is 0 Å². The van der Waals surface area contributed by atoms with Gasteiger partial charge in [0.2, 0.25) is 0 Å². The first-order valence-corrected chi connectivity index (χ1v) is 3.75. The molecule has 1 rings (SSSR count). The van der Waals surface area contributed by atoms with E-state index in [-0.39, 0.29) is 0 Å². The topological polar surface area (TPSA) is 12.0 Å². The smallest absolute Gasteiger partial charge is 0.00142 e. The molecule has 0 fully saturated rings. The second-order valence-electron chi connectivity index (χ2n) is 2.81. The SMILES string of the molecule is CC1CC=CCCNC1. The minimum absolute atomic E-state index is 0.821. The first-order valence-electron chi connectivity index (χ1n) is 3.75. The second-order valence-corrected chi connectivity index (χ2v) is 2.81. The highest BCUT2D eigenvalue weighted by Crippen LogP contribution is 2.03. The zero-order valence-corrected chi connectivity index (χ0v) is 6.06. The molecule has 1 nitrogen and oxygen atoms in total. The molecule has 0 aromatic rings. The van der Waals surface area contributed by atoms with Crippen molar-refractivity contribution in [2.45, 2.75) is 19.8 Å². The van der Waals surface area contributed by atoms with Crippen molar-refractivity contribution < 1.29 is 0 Å². The summed E-state index contributed by atoms with van der Waals surface area (Å²) in [4.78, 5) is 0.